The summed E-state index contributed by atoms with van der Waals surface area (Å²) < 4.78 is 41.1. The molecule has 1 aromatic carbocycles. The zero-order valence-corrected chi connectivity index (χ0v) is 14.6. The summed E-state index contributed by atoms with van der Waals surface area (Å²) in [5.74, 6) is -0.104. The van der Waals surface area contributed by atoms with Crippen molar-refractivity contribution in [3.8, 4) is 5.75 Å². The van der Waals surface area contributed by atoms with Crippen LogP contribution in [0, 0.1) is 5.92 Å². The second-order valence-corrected chi connectivity index (χ2v) is 6.78. The molecule has 2 aromatic rings. The standard InChI is InChI=1S/C18H20F3N3O2/c1-11(2)8-13-10-15(23-22-13)17(25)24-7-3-4-12-9-14(5-6-16(12)24)26-18(19,20)21/h5-6,9-11H,3-4,7-8H2,1-2H3,(H,22,23). The Morgan fingerprint density at radius 3 is 2.81 bits per heavy atom. The number of rotatable bonds is 4. The molecule has 0 atom stereocenters. The van der Waals surface area contributed by atoms with Crippen LogP contribution in [0.1, 0.15) is 42.0 Å². The van der Waals surface area contributed by atoms with E-state index in [0.717, 1.165) is 12.1 Å². The van der Waals surface area contributed by atoms with Crippen molar-refractivity contribution in [3.63, 3.8) is 0 Å². The molecule has 0 saturated carbocycles. The van der Waals surface area contributed by atoms with E-state index in [2.05, 4.69) is 28.8 Å². The number of aromatic nitrogens is 2. The van der Waals surface area contributed by atoms with Crippen molar-refractivity contribution in [1.29, 1.82) is 0 Å². The molecule has 5 nitrogen and oxygen atoms in total. The molecular formula is C18H20F3N3O2. The number of ether oxygens (including phenoxy) is 1. The summed E-state index contributed by atoms with van der Waals surface area (Å²) in [7, 11) is 0. The first-order chi connectivity index (χ1) is 12.2. The van der Waals surface area contributed by atoms with Crippen molar-refractivity contribution >= 4 is 11.6 Å². The van der Waals surface area contributed by atoms with Crippen LogP contribution in [0.3, 0.4) is 0 Å². The van der Waals surface area contributed by atoms with E-state index >= 15 is 0 Å². The average Bonchev–Trinajstić information content (AvgIpc) is 2.99. The summed E-state index contributed by atoms with van der Waals surface area (Å²) in [6.45, 7) is 4.64. The largest absolute Gasteiger partial charge is 0.573 e. The lowest BCUT2D eigenvalue weighted by Gasteiger charge is -2.29. The number of carbonyl (C=O) groups excluding carboxylic acids is 1. The van der Waals surface area contributed by atoms with Gasteiger partial charge in [0.05, 0.1) is 0 Å². The van der Waals surface area contributed by atoms with Crippen LogP contribution < -0.4 is 9.64 Å². The Labute approximate surface area is 149 Å². The Bertz CT molecular complexity index is 799. The fourth-order valence-corrected chi connectivity index (χ4v) is 3.14. The molecule has 3 rings (SSSR count). The number of benzene rings is 1. The summed E-state index contributed by atoms with van der Waals surface area (Å²) >= 11 is 0. The highest BCUT2D eigenvalue weighted by atomic mass is 19.4. The van der Waals surface area contributed by atoms with Gasteiger partial charge in [0, 0.05) is 17.9 Å². The minimum absolute atomic E-state index is 0.262. The van der Waals surface area contributed by atoms with E-state index in [0.29, 0.717) is 42.2 Å². The minimum Gasteiger partial charge on any atom is -0.406 e. The van der Waals surface area contributed by atoms with E-state index in [-0.39, 0.29) is 11.7 Å². The topological polar surface area (TPSA) is 58.2 Å². The van der Waals surface area contributed by atoms with Crippen LogP contribution in [0.5, 0.6) is 5.75 Å². The van der Waals surface area contributed by atoms with Gasteiger partial charge in [0.15, 0.2) is 5.69 Å². The zero-order valence-electron chi connectivity index (χ0n) is 14.6. The van der Waals surface area contributed by atoms with Gasteiger partial charge in [-0.3, -0.25) is 9.89 Å². The van der Waals surface area contributed by atoms with Crippen molar-refractivity contribution < 1.29 is 22.7 Å². The maximum absolute atomic E-state index is 12.8. The van der Waals surface area contributed by atoms with Gasteiger partial charge in [-0.2, -0.15) is 5.10 Å². The quantitative estimate of drug-likeness (QED) is 0.885. The number of hydrogen-bond donors (Lipinski definition) is 1. The highest BCUT2D eigenvalue weighted by Gasteiger charge is 2.32. The van der Waals surface area contributed by atoms with Crippen LogP contribution in [0.2, 0.25) is 0 Å². The van der Waals surface area contributed by atoms with E-state index < -0.39 is 6.36 Å². The van der Waals surface area contributed by atoms with Crippen molar-refractivity contribution in [3.05, 3.63) is 41.2 Å². The number of alkyl halides is 3. The molecule has 0 radical (unpaired) electrons. The monoisotopic (exact) mass is 367 g/mol. The molecule has 0 saturated heterocycles. The Morgan fingerprint density at radius 1 is 1.35 bits per heavy atom. The van der Waals surface area contributed by atoms with Gasteiger partial charge in [-0.15, -0.1) is 13.2 Å². The number of amides is 1. The third kappa shape index (κ3) is 4.17. The molecule has 0 unspecified atom stereocenters. The molecular weight excluding hydrogens is 347 g/mol. The first-order valence-corrected chi connectivity index (χ1v) is 8.48. The number of H-pyrrole nitrogens is 1. The molecule has 1 N–H and O–H groups in total. The number of fused-ring (bicyclic) bond motifs is 1. The molecule has 1 amide bonds. The van der Waals surface area contributed by atoms with Crippen LogP contribution in [0.25, 0.3) is 0 Å². The number of aryl methyl sites for hydroxylation is 1. The van der Waals surface area contributed by atoms with Gasteiger partial charge in [0.1, 0.15) is 5.75 Å². The predicted molar refractivity (Wildman–Crippen MR) is 90.3 cm³/mol. The lowest BCUT2D eigenvalue weighted by molar-refractivity contribution is -0.274. The molecule has 0 fully saturated rings. The molecule has 1 aliphatic rings. The summed E-state index contributed by atoms with van der Waals surface area (Å²) in [6.07, 6.45) is -2.69. The lowest BCUT2D eigenvalue weighted by atomic mass is 10.0. The summed E-state index contributed by atoms with van der Waals surface area (Å²) in [5.41, 5.74) is 2.45. The smallest absolute Gasteiger partial charge is 0.406 e. The molecule has 1 aromatic heterocycles. The summed E-state index contributed by atoms with van der Waals surface area (Å²) in [5, 5.41) is 6.97. The van der Waals surface area contributed by atoms with E-state index in [1.54, 1.807) is 11.0 Å². The van der Waals surface area contributed by atoms with Gasteiger partial charge in [-0.1, -0.05) is 13.8 Å². The van der Waals surface area contributed by atoms with Crippen LogP contribution in [-0.2, 0) is 12.8 Å². The number of halogens is 3. The molecule has 0 spiro atoms. The van der Waals surface area contributed by atoms with Crippen LogP contribution in [-0.4, -0.2) is 29.0 Å². The number of nitrogens with one attached hydrogen (secondary N) is 1. The number of carbonyl (C=O) groups is 1. The first kappa shape index (κ1) is 18.3. The van der Waals surface area contributed by atoms with E-state index in [9.17, 15) is 18.0 Å². The Hall–Kier alpha value is -2.51. The lowest BCUT2D eigenvalue weighted by Crippen LogP contribution is -2.35. The fourth-order valence-electron chi connectivity index (χ4n) is 3.14. The maximum atomic E-state index is 12.8. The number of nitrogens with zero attached hydrogens (tertiary/aromatic N) is 2. The Morgan fingerprint density at radius 2 is 2.12 bits per heavy atom. The third-order valence-electron chi connectivity index (χ3n) is 4.13. The second-order valence-electron chi connectivity index (χ2n) is 6.78. The first-order valence-electron chi connectivity index (χ1n) is 8.48. The molecule has 0 aliphatic carbocycles. The van der Waals surface area contributed by atoms with E-state index in [1.165, 1.54) is 18.2 Å². The normalized spacial score (nSPS) is 14.5. The Balaban J connectivity index is 1.82. The van der Waals surface area contributed by atoms with E-state index in [1.807, 2.05) is 0 Å². The predicted octanol–water partition coefficient (Wildman–Crippen LogP) is 4.10. The second kappa shape index (κ2) is 7.01. The highest BCUT2D eigenvalue weighted by Crippen LogP contribution is 2.33. The molecule has 1 aliphatic heterocycles. The van der Waals surface area contributed by atoms with Gasteiger partial charge >= 0.3 is 6.36 Å². The average molecular weight is 367 g/mol. The molecule has 2 heterocycles. The van der Waals surface area contributed by atoms with Gasteiger partial charge in [-0.05, 0) is 55.0 Å². The van der Waals surface area contributed by atoms with Crippen molar-refractivity contribution in [1.82, 2.24) is 10.2 Å². The molecule has 26 heavy (non-hydrogen) atoms. The maximum Gasteiger partial charge on any atom is 0.573 e. The van der Waals surface area contributed by atoms with Crippen LogP contribution in [0.15, 0.2) is 24.3 Å². The molecule has 8 heteroatoms. The van der Waals surface area contributed by atoms with Crippen LogP contribution in [0.4, 0.5) is 18.9 Å². The third-order valence-corrected chi connectivity index (χ3v) is 4.13. The Kier molecular flexibility index (Phi) is 4.93. The van der Waals surface area contributed by atoms with Gasteiger partial charge in [0.2, 0.25) is 0 Å². The van der Waals surface area contributed by atoms with Crippen molar-refractivity contribution in [2.24, 2.45) is 5.92 Å². The van der Waals surface area contributed by atoms with Crippen molar-refractivity contribution in [2.45, 2.75) is 39.5 Å². The highest BCUT2D eigenvalue weighted by molar-refractivity contribution is 6.05. The van der Waals surface area contributed by atoms with Crippen molar-refractivity contribution in [2.75, 3.05) is 11.4 Å². The van der Waals surface area contributed by atoms with Gasteiger partial charge < -0.3 is 9.64 Å². The summed E-state index contributed by atoms with van der Waals surface area (Å²) in [6, 6.07) is 5.80. The minimum atomic E-state index is -4.74. The number of anilines is 1. The van der Waals surface area contributed by atoms with Gasteiger partial charge in [0.25, 0.3) is 5.91 Å². The summed E-state index contributed by atoms with van der Waals surface area (Å²) in [4.78, 5) is 14.4. The number of aromatic amines is 1. The SMILES string of the molecule is CC(C)Cc1cc(C(=O)N2CCCc3cc(OC(F)(F)F)ccc32)n[nH]1. The number of hydrogen-bond acceptors (Lipinski definition) is 3. The zero-order chi connectivity index (χ0) is 18.9. The molecule has 0 bridgehead atoms. The van der Waals surface area contributed by atoms with E-state index in [4.69, 9.17) is 0 Å². The van der Waals surface area contributed by atoms with Gasteiger partial charge in [-0.25, -0.2) is 0 Å². The van der Waals surface area contributed by atoms with Crippen LogP contribution >= 0.6 is 0 Å². The fraction of sp³-hybridized carbons (Fsp3) is 0.444. The molecule has 140 valence electrons.